The van der Waals surface area contributed by atoms with E-state index in [1.54, 1.807) is 51.1 Å². The van der Waals surface area contributed by atoms with Crippen LogP contribution < -0.4 is 4.90 Å². The Labute approximate surface area is 112 Å². The van der Waals surface area contributed by atoms with Gasteiger partial charge < -0.3 is 9.84 Å². The minimum absolute atomic E-state index is 0.492. The summed E-state index contributed by atoms with van der Waals surface area (Å²) < 4.78 is 5.25. The predicted octanol–water partition coefficient (Wildman–Crippen LogP) is 2.90. The number of carbonyl (C=O) groups excluding carboxylic acids is 1. The van der Waals surface area contributed by atoms with Gasteiger partial charge in [0.25, 0.3) is 0 Å². The lowest BCUT2D eigenvalue weighted by atomic mass is 10.2. The number of benzene rings is 1. The van der Waals surface area contributed by atoms with Gasteiger partial charge in [0.1, 0.15) is 11.6 Å². The molecule has 1 N–H and O–H groups in total. The van der Waals surface area contributed by atoms with Gasteiger partial charge in [-0.3, -0.25) is 4.90 Å². The standard InChI is InChI=1S/C14H19NO4/c1-10(12(16)17)15(11-8-6-5-7-9-11)13(18)19-14(2,3)4/h5-10H,1-4H3,(H,16,17). The predicted molar refractivity (Wildman–Crippen MR) is 72.3 cm³/mol. The van der Waals surface area contributed by atoms with Crippen LogP contribution in [0.4, 0.5) is 10.5 Å². The molecule has 1 aromatic rings. The lowest BCUT2D eigenvalue weighted by Gasteiger charge is -2.29. The van der Waals surface area contributed by atoms with Crippen LogP contribution in [0.3, 0.4) is 0 Å². The molecular weight excluding hydrogens is 246 g/mol. The Morgan fingerprint density at radius 3 is 2.16 bits per heavy atom. The van der Waals surface area contributed by atoms with Gasteiger partial charge in [-0.15, -0.1) is 0 Å². The molecule has 5 nitrogen and oxygen atoms in total. The first kappa shape index (κ1) is 15.0. The number of ether oxygens (including phenoxy) is 1. The molecule has 5 heteroatoms. The van der Waals surface area contributed by atoms with E-state index in [1.807, 2.05) is 0 Å². The summed E-state index contributed by atoms with van der Waals surface area (Å²) in [6.07, 6.45) is -0.673. The second kappa shape index (κ2) is 5.73. The number of anilines is 1. The number of aliphatic carboxylic acids is 1. The Hall–Kier alpha value is -2.04. The van der Waals surface area contributed by atoms with Gasteiger partial charge in [0.15, 0.2) is 0 Å². The van der Waals surface area contributed by atoms with Gasteiger partial charge in [0, 0.05) is 5.69 Å². The number of carboxylic acids is 1. The van der Waals surface area contributed by atoms with Gasteiger partial charge in [0.2, 0.25) is 0 Å². The smallest absolute Gasteiger partial charge is 0.415 e. The van der Waals surface area contributed by atoms with Crippen LogP contribution in [0.2, 0.25) is 0 Å². The monoisotopic (exact) mass is 265 g/mol. The Kier molecular flexibility index (Phi) is 4.53. The van der Waals surface area contributed by atoms with Crippen LogP contribution in [0.25, 0.3) is 0 Å². The summed E-state index contributed by atoms with van der Waals surface area (Å²) in [5.41, 5.74) is -0.186. The maximum absolute atomic E-state index is 12.1. The molecule has 1 unspecified atom stereocenters. The third-order valence-electron chi connectivity index (χ3n) is 2.37. The van der Waals surface area contributed by atoms with E-state index in [4.69, 9.17) is 9.84 Å². The molecule has 0 bridgehead atoms. The number of nitrogens with zero attached hydrogens (tertiary/aromatic N) is 1. The maximum Gasteiger partial charge on any atom is 0.415 e. The number of hydrogen-bond donors (Lipinski definition) is 1. The van der Waals surface area contributed by atoms with E-state index in [0.29, 0.717) is 5.69 Å². The number of rotatable bonds is 3. The van der Waals surface area contributed by atoms with Crippen LogP contribution in [0, 0.1) is 0 Å². The van der Waals surface area contributed by atoms with Gasteiger partial charge >= 0.3 is 12.1 Å². The molecule has 0 saturated carbocycles. The molecule has 1 atom stereocenters. The second-order valence-electron chi connectivity index (χ2n) is 5.20. The van der Waals surface area contributed by atoms with Crippen LogP contribution in [-0.4, -0.2) is 28.8 Å². The highest BCUT2D eigenvalue weighted by atomic mass is 16.6. The van der Waals surface area contributed by atoms with E-state index in [2.05, 4.69) is 0 Å². The summed E-state index contributed by atoms with van der Waals surface area (Å²) in [5.74, 6) is -1.09. The van der Waals surface area contributed by atoms with Crippen molar-refractivity contribution in [3.05, 3.63) is 30.3 Å². The third-order valence-corrected chi connectivity index (χ3v) is 2.37. The van der Waals surface area contributed by atoms with Crippen LogP contribution in [0.15, 0.2) is 30.3 Å². The number of carbonyl (C=O) groups is 2. The fraction of sp³-hybridized carbons (Fsp3) is 0.429. The van der Waals surface area contributed by atoms with E-state index in [-0.39, 0.29) is 0 Å². The second-order valence-corrected chi connectivity index (χ2v) is 5.20. The number of carboxylic acid groups (broad SMARTS) is 1. The topological polar surface area (TPSA) is 66.8 Å². The van der Waals surface area contributed by atoms with Gasteiger partial charge in [-0.05, 0) is 39.8 Å². The lowest BCUT2D eigenvalue weighted by molar-refractivity contribution is -0.138. The first-order chi connectivity index (χ1) is 8.72. The van der Waals surface area contributed by atoms with Crippen LogP contribution in [0.5, 0.6) is 0 Å². The van der Waals surface area contributed by atoms with Crippen molar-refractivity contribution in [3.63, 3.8) is 0 Å². The summed E-state index contributed by atoms with van der Waals surface area (Å²) in [6, 6.07) is 7.61. The molecule has 0 aliphatic rings. The quantitative estimate of drug-likeness (QED) is 0.912. The fourth-order valence-corrected chi connectivity index (χ4v) is 1.50. The van der Waals surface area contributed by atoms with Crippen molar-refractivity contribution in [2.45, 2.75) is 39.3 Å². The SMILES string of the molecule is CC(C(=O)O)N(C(=O)OC(C)(C)C)c1ccccc1. The molecule has 104 valence electrons. The highest BCUT2D eigenvalue weighted by Crippen LogP contribution is 2.20. The maximum atomic E-state index is 12.1. The Bertz CT molecular complexity index is 450. The molecule has 1 amide bonds. The molecule has 0 aliphatic heterocycles. The third kappa shape index (κ3) is 4.28. The number of para-hydroxylation sites is 1. The Morgan fingerprint density at radius 1 is 1.21 bits per heavy atom. The van der Waals surface area contributed by atoms with Gasteiger partial charge in [-0.2, -0.15) is 0 Å². The van der Waals surface area contributed by atoms with Gasteiger partial charge in [-0.1, -0.05) is 18.2 Å². The van der Waals surface area contributed by atoms with Crippen molar-refractivity contribution >= 4 is 17.7 Å². The molecule has 19 heavy (non-hydrogen) atoms. The average Bonchev–Trinajstić information content (AvgIpc) is 2.28. The zero-order chi connectivity index (χ0) is 14.6. The molecule has 0 fully saturated rings. The molecule has 1 aromatic carbocycles. The molecule has 0 aromatic heterocycles. The van der Waals surface area contributed by atoms with Crippen LogP contribution in [-0.2, 0) is 9.53 Å². The highest BCUT2D eigenvalue weighted by molar-refractivity contribution is 5.95. The normalized spacial score (nSPS) is 12.6. The zero-order valence-electron chi connectivity index (χ0n) is 11.6. The van der Waals surface area contributed by atoms with E-state index in [0.717, 1.165) is 4.90 Å². The van der Waals surface area contributed by atoms with Crippen LogP contribution in [0.1, 0.15) is 27.7 Å². The first-order valence-corrected chi connectivity index (χ1v) is 6.02. The van der Waals surface area contributed by atoms with Crippen molar-refractivity contribution in [2.24, 2.45) is 0 Å². The minimum Gasteiger partial charge on any atom is -0.480 e. The van der Waals surface area contributed by atoms with Crippen molar-refractivity contribution in [3.8, 4) is 0 Å². The number of hydrogen-bond acceptors (Lipinski definition) is 3. The highest BCUT2D eigenvalue weighted by Gasteiger charge is 2.30. The Balaban J connectivity index is 3.07. The van der Waals surface area contributed by atoms with Gasteiger partial charge in [-0.25, -0.2) is 9.59 Å². The summed E-state index contributed by atoms with van der Waals surface area (Å²) in [7, 11) is 0. The molecule has 0 radical (unpaired) electrons. The summed E-state index contributed by atoms with van der Waals surface area (Å²) in [5, 5.41) is 9.11. The fourth-order valence-electron chi connectivity index (χ4n) is 1.50. The average molecular weight is 265 g/mol. The molecule has 0 saturated heterocycles. The largest absolute Gasteiger partial charge is 0.480 e. The van der Waals surface area contributed by atoms with Crippen molar-refractivity contribution in [1.29, 1.82) is 0 Å². The lowest BCUT2D eigenvalue weighted by Crippen LogP contribution is -2.46. The molecule has 1 rings (SSSR count). The van der Waals surface area contributed by atoms with Crippen LogP contribution >= 0.6 is 0 Å². The molecule has 0 spiro atoms. The molecule has 0 heterocycles. The first-order valence-electron chi connectivity index (χ1n) is 6.02. The zero-order valence-corrected chi connectivity index (χ0v) is 11.6. The van der Waals surface area contributed by atoms with E-state index >= 15 is 0 Å². The summed E-state index contributed by atoms with van der Waals surface area (Å²) in [4.78, 5) is 24.4. The van der Waals surface area contributed by atoms with Gasteiger partial charge in [0.05, 0.1) is 0 Å². The minimum atomic E-state index is -1.09. The van der Waals surface area contributed by atoms with Crippen molar-refractivity contribution in [1.82, 2.24) is 0 Å². The molecule has 0 aliphatic carbocycles. The van der Waals surface area contributed by atoms with E-state index in [9.17, 15) is 9.59 Å². The Morgan fingerprint density at radius 2 is 1.74 bits per heavy atom. The van der Waals surface area contributed by atoms with E-state index < -0.39 is 23.7 Å². The van der Waals surface area contributed by atoms with E-state index in [1.165, 1.54) is 6.92 Å². The number of amides is 1. The summed E-state index contributed by atoms with van der Waals surface area (Å²) >= 11 is 0. The van der Waals surface area contributed by atoms with Crippen molar-refractivity contribution < 1.29 is 19.4 Å². The molecular formula is C14H19NO4. The summed E-state index contributed by atoms with van der Waals surface area (Å²) in [6.45, 7) is 6.65. The van der Waals surface area contributed by atoms with Crippen molar-refractivity contribution in [2.75, 3.05) is 4.90 Å².